The zero-order valence-electron chi connectivity index (χ0n) is 17.6. The molecule has 6 nitrogen and oxygen atoms in total. The fraction of sp³-hybridized carbons (Fsp3) is 0.240. The van der Waals surface area contributed by atoms with Crippen LogP contribution in [-0.2, 0) is 22.5 Å². The lowest BCUT2D eigenvalue weighted by molar-refractivity contribution is -0.116. The van der Waals surface area contributed by atoms with Crippen LogP contribution in [-0.4, -0.2) is 28.8 Å². The summed E-state index contributed by atoms with van der Waals surface area (Å²) in [5.74, 6) is -0.810. The van der Waals surface area contributed by atoms with Crippen molar-refractivity contribution in [2.24, 2.45) is 0 Å². The Labute approximate surface area is 180 Å². The van der Waals surface area contributed by atoms with Crippen LogP contribution in [0.3, 0.4) is 0 Å². The maximum absolute atomic E-state index is 12.8. The second kappa shape index (κ2) is 8.60. The molecule has 0 unspecified atom stereocenters. The van der Waals surface area contributed by atoms with Gasteiger partial charge in [0.15, 0.2) is 6.61 Å². The minimum atomic E-state index is -0.550. The molecule has 1 aromatic heterocycles. The average Bonchev–Trinajstić information content (AvgIpc) is 3.06. The first-order chi connectivity index (χ1) is 14.9. The van der Waals surface area contributed by atoms with Crippen LogP contribution in [0.2, 0.25) is 0 Å². The van der Waals surface area contributed by atoms with Crippen molar-refractivity contribution in [3.05, 3.63) is 88.2 Å². The van der Waals surface area contributed by atoms with E-state index in [9.17, 15) is 14.4 Å². The number of aromatic nitrogens is 1. The molecule has 0 aliphatic carbocycles. The summed E-state index contributed by atoms with van der Waals surface area (Å²) in [6, 6.07) is 16.9. The standard InChI is InChI=1S/C25H24N2O4/c1-16-12-21(17(2)27(16)14-18-6-4-3-5-7-18)23(28)15-31-25(30)20-8-10-22-19(13-20)9-11-24(29)26-22/h3-8,10,12-13H,9,11,14-15H2,1-2H3,(H,26,29). The van der Waals surface area contributed by atoms with Gasteiger partial charge in [0.2, 0.25) is 11.7 Å². The summed E-state index contributed by atoms with van der Waals surface area (Å²) >= 11 is 0. The normalized spacial score (nSPS) is 12.8. The van der Waals surface area contributed by atoms with Gasteiger partial charge in [0, 0.05) is 35.6 Å². The number of amides is 1. The molecule has 2 heterocycles. The van der Waals surface area contributed by atoms with Crippen molar-refractivity contribution in [3.8, 4) is 0 Å². The zero-order chi connectivity index (χ0) is 22.0. The van der Waals surface area contributed by atoms with Crippen molar-refractivity contribution in [2.75, 3.05) is 11.9 Å². The largest absolute Gasteiger partial charge is 0.454 e. The van der Waals surface area contributed by atoms with Gasteiger partial charge in [-0.25, -0.2) is 4.79 Å². The van der Waals surface area contributed by atoms with E-state index in [1.807, 2.05) is 50.2 Å². The van der Waals surface area contributed by atoms with Crippen molar-refractivity contribution in [1.29, 1.82) is 0 Å². The van der Waals surface area contributed by atoms with E-state index in [2.05, 4.69) is 9.88 Å². The topological polar surface area (TPSA) is 77.4 Å². The predicted octanol–water partition coefficient (Wildman–Crippen LogP) is 4.08. The highest BCUT2D eigenvalue weighted by Gasteiger charge is 2.20. The van der Waals surface area contributed by atoms with Gasteiger partial charge in [-0.15, -0.1) is 0 Å². The van der Waals surface area contributed by atoms with Gasteiger partial charge in [-0.2, -0.15) is 0 Å². The van der Waals surface area contributed by atoms with Crippen LogP contribution in [0.4, 0.5) is 5.69 Å². The van der Waals surface area contributed by atoms with Crippen molar-refractivity contribution < 1.29 is 19.1 Å². The number of ether oxygens (including phenoxy) is 1. The zero-order valence-corrected chi connectivity index (χ0v) is 17.6. The van der Waals surface area contributed by atoms with E-state index in [0.717, 1.165) is 28.2 Å². The smallest absolute Gasteiger partial charge is 0.338 e. The number of rotatable bonds is 6. The van der Waals surface area contributed by atoms with Gasteiger partial charge in [0.1, 0.15) is 0 Å². The molecular formula is C25H24N2O4. The Morgan fingerprint density at radius 3 is 2.58 bits per heavy atom. The lowest BCUT2D eigenvalue weighted by Gasteiger charge is -2.17. The number of ketones is 1. The van der Waals surface area contributed by atoms with Gasteiger partial charge in [0.25, 0.3) is 0 Å². The molecule has 2 aromatic carbocycles. The van der Waals surface area contributed by atoms with Crippen molar-refractivity contribution in [2.45, 2.75) is 33.2 Å². The SMILES string of the molecule is Cc1cc(C(=O)COC(=O)c2ccc3c(c2)CCC(=O)N3)c(C)n1Cc1ccccc1. The lowest BCUT2D eigenvalue weighted by atomic mass is 10.0. The number of nitrogens with zero attached hydrogens (tertiary/aromatic N) is 1. The van der Waals surface area contributed by atoms with Crippen LogP contribution >= 0.6 is 0 Å². The molecule has 0 saturated carbocycles. The molecule has 3 aromatic rings. The maximum Gasteiger partial charge on any atom is 0.338 e. The molecule has 4 rings (SSSR count). The average molecular weight is 416 g/mol. The van der Waals surface area contributed by atoms with E-state index in [0.29, 0.717) is 30.5 Å². The first kappa shape index (κ1) is 20.6. The number of benzene rings is 2. The molecule has 1 amide bonds. The van der Waals surface area contributed by atoms with Gasteiger partial charge >= 0.3 is 5.97 Å². The second-order valence-corrected chi connectivity index (χ2v) is 7.78. The molecule has 0 radical (unpaired) electrons. The number of hydrogen-bond acceptors (Lipinski definition) is 4. The molecule has 0 spiro atoms. The molecule has 1 aliphatic heterocycles. The Kier molecular flexibility index (Phi) is 5.71. The van der Waals surface area contributed by atoms with Crippen LogP contribution in [0, 0.1) is 13.8 Å². The van der Waals surface area contributed by atoms with E-state index in [-0.39, 0.29) is 18.3 Å². The highest BCUT2D eigenvalue weighted by atomic mass is 16.5. The molecule has 158 valence electrons. The summed E-state index contributed by atoms with van der Waals surface area (Å²) in [5.41, 5.74) is 5.53. The summed E-state index contributed by atoms with van der Waals surface area (Å²) in [4.78, 5) is 36.7. The van der Waals surface area contributed by atoms with Crippen LogP contribution in [0.1, 0.15) is 49.7 Å². The quantitative estimate of drug-likeness (QED) is 0.485. The lowest BCUT2D eigenvalue weighted by Crippen LogP contribution is -2.20. The van der Waals surface area contributed by atoms with Crippen molar-refractivity contribution >= 4 is 23.3 Å². The number of aryl methyl sites for hydroxylation is 2. The summed E-state index contributed by atoms with van der Waals surface area (Å²) in [7, 11) is 0. The number of carbonyl (C=O) groups excluding carboxylic acids is 3. The Balaban J connectivity index is 1.43. The Morgan fingerprint density at radius 1 is 1.03 bits per heavy atom. The van der Waals surface area contributed by atoms with Crippen molar-refractivity contribution in [1.82, 2.24) is 4.57 Å². The minimum Gasteiger partial charge on any atom is -0.454 e. The molecule has 1 aliphatic rings. The van der Waals surface area contributed by atoms with E-state index in [1.165, 1.54) is 0 Å². The van der Waals surface area contributed by atoms with E-state index in [1.54, 1.807) is 18.2 Å². The highest BCUT2D eigenvalue weighted by molar-refractivity contribution is 6.01. The van der Waals surface area contributed by atoms with E-state index >= 15 is 0 Å². The number of fused-ring (bicyclic) bond motifs is 1. The molecule has 0 bridgehead atoms. The fourth-order valence-corrected chi connectivity index (χ4v) is 3.90. The van der Waals surface area contributed by atoms with E-state index in [4.69, 9.17) is 4.74 Å². The van der Waals surface area contributed by atoms with Gasteiger partial charge < -0.3 is 14.6 Å². The van der Waals surface area contributed by atoms with E-state index < -0.39 is 5.97 Å². The number of hydrogen-bond donors (Lipinski definition) is 1. The minimum absolute atomic E-state index is 0.0294. The van der Waals surface area contributed by atoms with Crippen LogP contribution in [0.5, 0.6) is 0 Å². The Morgan fingerprint density at radius 2 is 1.81 bits per heavy atom. The third-order valence-electron chi connectivity index (χ3n) is 5.63. The number of nitrogens with one attached hydrogen (secondary N) is 1. The third-order valence-corrected chi connectivity index (χ3v) is 5.63. The van der Waals surface area contributed by atoms with Crippen molar-refractivity contribution in [3.63, 3.8) is 0 Å². The van der Waals surface area contributed by atoms with Gasteiger partial charge in [0.05, 0.1) is 5.56 Å². The molecular weight excluding hydrogens is 392 g/mol. The Hall–Kier alpha value is -3.67. The number of carbonyl (C=O) groups is 3. The van der Waals surface area contributed by atoms with Crippen LogP contribution in [0.15, 0.2) is 54.6 Å². The molecule has 1 N–H and O–H groups in total. The summed E-state index contributed by atoms with van der Waals surface area (Å²) < 4.78 is 7.38. The van der Waals surface area contributed by atoms with Gasteiger partial charge in [-0.3, -0.25) is 9.59 Å². The number of anilines is 1. The predicted molar refractivity (Wildman–Crippen MR) is 117 cm³/mol. The first-order valence-corrected chi connectivity index (χ1v) is 10.3. The summed E-state index contributed by atoms with van der Waals surface area (Å²) in [5, 5.41) is 2.78. The molecule has 6 heteroatoms. The number of esters is 1. The van der Waals surface area contributed by atoms with Gasteiger partial charge in [-0.1, -0.05) is 30.3 Å². The molecule has 0 atom stereocenters. The van der Waals surface area contributed by atoms with Crippen LogP contribution in [0.25, 0.3) is 0 Å². The first-order valence-electron chi connectivity index (χ1n) is 10.3. The maximum atomic E-state index is 12.8. The fourth-order valence-electron chi connectivity index (χ4n) is 3.90. The molecule has 0 fully saturated rings. The second-order valence-electron chi connectivity index (χ2n) is 7.78. The Bertz CT molecular complexity index is 1160. The summed E-state index contributed by atoms with van der Waals surface area (Å²) in [6.07, 6.45) is 0.969. The monoisotopic (exact) mass is 416 g/mol. The molecule has 0 saturated heterocycles. The third kappa shape index (κ3) is 4.43. The summed E-state index contributed by atoms with van der Waals surface area (Å²) in [6.45, 7) is 4.23. The van der Waals surface area contributed by atoms with Gasteiger partial charge in [-0.05, 0) is 55.7 Å². The highest BCUT2D eigenvalue weighted by Crippen LogP contribution is 2.24. The number of Topliss-reactive ketones (excluding diaryl/α,β-unsaturated/α-hetero) is 1. The van der Waals surface area contributed by atoms with Crippen LogP contribution < -0.4 is 5.32 Å². The molecule has 31 heavy (non-hydrogen) atoms.